The molecule has 1 heterocycles. The van der Waals surface area contributed by atoms with Gasteiger partial charge in [0.25, 0.3) is 0 Å². The predicted molar refractivity (Wildman–Crippen MR) is 47.4 cm³/mol. The molecule has 0 atom stereocenters. The van der Waals surface area contributed by atoms with Crippen LogP contribution in [-0.4, -0.2) is 16.9 Å². The molecule has 12 heavy (non-hydrogen) atoms. The Morgan fingerprint density at radius 3 is 3.00 bits per heavy atom. The Hall–Kier alpha value is -0.900. The first kappa shape index (κ1) is 9.19. The third kappa shape index (κ3) is 1.82. The van der Waals surface area contributed by atoms with E-state index in [2.05, 4.69) is 4.37 Å². The van der Waals surface area contributed by atoms with Gasteiger partial charge in [-0.05, 0) is 24.9 Å². The lowest BCUT2D eigenvalue weighted by atomic mass is 10.2. The van der Waals surface area contributed by atoms with Crippen molar-refractivity contribution in [2.24, 2.45) is 0 Å². The standard InChI is InChI=1S/C8H11NO2S/c1-3-7-6(5-12-9-7)8(10)11-4-2/h5H,3-4H2,1-2H3. The van der Waals surface area contributed by atoms with Crippen molar-refractivity contribution in [3.05, 3.63) is 16.6 Å². The summed E-state index contributed by atoms with van der Waals surface area (Å²) < 4.78 is 8.94. The fraction of sp³-hybridized carbons (Fsp3) is 0.500. The monoisotopic (exact) mass is 185 g/mol. The number of carbonyl (C=O) groups excluding carboxylic acids is 1. The van der Waals surface area contributed by atoms with E-state index in [1.165, 1.54) is 11.5 Å². The first-order chi connectivity index (χ1) is 5.79. The molecule has 0 aliphatic heterocycles. The largest absolute Gasteiger partial charge is 0.462 e. The normalized spacial score (nSPS) is 9.83. The molecule has 0 aliphatic rings. The Morgan fingerprint density at radius 2 is 2.42 bits per heavy atom. The number of hydrogen-bond donors (Lipinski definition) is 0. The van der Waals surface area contributed by atoms with Gasteiger partial charge in [-0.3, -0.25) is 0 Å². The van der Waals surface area contributed by atoms with E-state index >= 15 is 0 Å². The molecule has 1 rings (SSSR count). The van der Waals surface area contributed by atoms with E-state index in [1.54, 1.807) is 12.3 Å². The summed E-state index contributed by atoms with van der Waals surface area (Å²) in [6.07, 6.45) is 0.775. The zero-order chi connectivity index (χ0) is 8.97. The van der Waals surface area contributed by atoms with E-state index < -0.39 is 0 Å². The van der Waals surface area contributed by atoms with Crippen molar-refractivity contribution in [1.82, 2.24) is 4.37 Å². The zero-order valence-corrected chi connectivity index (χ0v) is 7.98. The molecule has 0 N–H and O–H groups in total. The van der Waals surface area contributed by atoms with Crippen LogP contribution in [-0.2, 0) is 11.2 Å². The minimum absolute atomic E-state index is 0.261. The van der Waals surface area contributed by atoms with Gasteiger partial charge in [0, 0.05) is 5.38 Å². The second-order valence-electron chi connectivity index (χ2n) is 2.25. The summed E-state index contributed by atoms with van der Waals surface area (Å²) in [6.45, 7) is 4.18. The lowest BCUT2D eigenvalue weighted by Gasteiger charge is -1.99. The molecule has 0 fully saturated rings. The number of aryl methyl sites for hydroxylation is 1. The highest BCUT2D eigenvalue weighted by Gasteiger charge is 2.12. The number of rotatable bonds is 3. The summed E-state index contributed by atoms with van der Waals surface area (Å²) in [6, 6.07) is 0. The highest BCUT2D eigenvalue weighted by molar-refractivity contribution is 7.03. The van der Waals surface area contributed by atoms with Crippen molar-refractivity contribution in [3.8, 4) is 0 Å². The van der Waals surface area contributed by atoms with Crippen LogP contribution in [0.25, 0.3) is 0 Å². The summed E-state index contributed by atoms with van der Waals surface area (Å²) in [7, 11) is 0. The molecule has 0 saturated carbocycles. The van der Waals surface area contributed by atoms with Crippen molar-refractivity contribution < 1.29 is 9.53 Å². The number of ether oxygens (including phenoxy) is 1. The van der Waals surface area contributed by atoms with Crippen LogP contribution in [0.5, 0.6) is 0 Å². The van der Waals surface area contributed by atoms with Gasteiger partial charge in [-0.15, -0.1) is 0 Å². The lowest BCUT2D eigenvalue weighted by molar-refractivity contribution is 0.0525. The van der Waals surface area contributed by atoms with Crippen LogP contribution in [0.15, 0.2) is 5.38 Å². The molecular weight excluding hydrogens is 174 g/mol. The SMILES string of the molecule is CCOC(=O)c1csnc1CC. The van der Waals surface area contributed by atoms with Crippen molar-refractivity contribution in [3.63, 3.8) is 0 Å². The highest BCUT2D eigenvalue weighted by atomic mass is 32.1. The van der Waals surface area contributed by atoms with Gasteiger partial charge < -0.3 is 4.74 Å². The van der Waals surface area contributed by atoms with Gasteiger partial charge in [0.2, 0.25) is 0 Å². The van der Waals surface area contributed by atoms with Crippen molar-refractivity contribution in [1.29, 1.82) is 0 Å². The van der Waals surface area contributed by atoms with Gasteiger partial charge in [-0.2, -0.15) is 4.37 Å². The molecule has 3 nitrogen and oxygen atoms in total. The van der Waals surface area contributed by atoms with Crippen LogP contribution in [0.2, 0.25) is 0 Å². The lowest BCUT2D eigenvalue weighted by Crippen LogP contribution is -2.05. The Balaban J connectivity index is 2.79. The van der Waals surface area contributed by atoms with Crippen LogP contribution in [0, 0.1) is 0 Å². The smallest absolute Gasteiger partial charge is 0.340 e. The Morgan fingerprint density at radius 1 is 1.67 bits per heavy atom. The quantitative estimate of drug-likeness (QED) is 0.675. The number of carbonyl (C=O) groups is 1. The van der Waals surface area contributed by atoms with E-state index in [0.29, 0.717) is 12.2 Å². The van der Waals surface area contributed by atoms with Crippen LogP contribution in [0.3, 0.4) is 0 Å². The van der Waals surface area contributed by atoms with Crippen LogP contribution in [0.1, 0.15) is 29.9 Å². The molecule has 0 unspecified atom stereocenters. The molecular formula is C8H11NO2S. The number of aromatic nitrogens is 1. The molecule has 1 aromatic rings. The van der Waals surface area contributed by atoms with E-state index in [-0.39, 0.29) is 5.97 Å². The average Bonchev–Trinajstić information content (AvgIpc) is 2.51. The van der Waals surface area contributed by atoms with E-state index in [9.17, 15) is 4.79 Å². The molecule has 0 saturated heterocycles. The van der Waals surface area contributed by atoms with Gasteiger partial charge in [0.15, 0.2) is 0 Å². The van der Waals surface area contributed by atoms with Crippen molar-refractivity contribution in [2.75, 3.05) is 6.61 Å². The predicted octanol–water partition coefficient (Wildman–Crippen LogP) is 1.88. The first-order valence-electron chi connectivity index (χ1n) is 3.90. The maximum Gasteiger partial charge on any atom is 0.340 e. The molecule has 4 heteroatoms. The van der Waals surface area contributed by atoms with Gasteiger partial charge in [0.1, 0.15) is 0 Å². The maximum atomic E-state index is 11.2. The number of nitrogens with zero attached hydrogens (tertiary/aromatic N) is 1. The van der Waals surface area contributed by atoms with Crippen LogP contribution in [0.4, 0.5) is 0 Å². The Labute approximate surface area is 75.5 Å². The van der Waals surface area contributed by atoms with E-state index in [1.807, 2.05) is 6.92 Å². The summed E-state index contributed by atoms with van der Waals surface area (Å²) in [4.78, 5) is 11.2. The molecule has 0 bridgehead atoms. The minimum atomic E-state index is -0.261. The molecule has 0 aromatic carbocycles. The van der Waals surface area contributed by atoms with E-state index in [0.717, 1.165) is 12.1 Å². The van der Waals surface area contributed by atoms with Gasteiger partial charge in [0.05, 0.1) is 17.9 Å². The topological polar surface area (TPSA) is 39.2 Å². The fourth-order valence-corrected chi connectivity index (χ4v) is 1.63. The summed E-state index contributed by atoms with van der Waals surface area (Å²) in [5, 5.41) is 1.73. The van der Waals surface area contributed by atoms with E-state index in [4.69, 9.17) is 4.74 Å². The first-order valence-corrected chi connectivity index (χ1v) is 4.73. The molecule has 0 spiro atoms. The second kappa shape index (κ2) is 4.21. The molecule has 0 amide bonds. The minimum Gasteiger partial charge on any atom is -0.462 e. The zero-order valence-electron chi connectivity index (χ0n) is 7.16. The molecule has 1 aromatic heterocycles. The Bertz CT molecular complexity index is 270. The third-order valence-corrected chi connectivity index (χ3v) is 2.14. The summed E-state index contributed by atoms with van der Waals surface area (Å²) >= 11 is 1.29. The van der Waals surface area contributed by atoms with Gasteiger partial charge in [-0.25, -0.2) is 4.79 Å². The number of hydrogen-bond acceptors (Lipinski definition) is 4. The second-order valence-corrected chi connectivity index (χ2v) is 2.88. The fourth-order valence-electron chi connectivity index (χ4n) is 0.890. The van der Waals surface area contributed by atoms with Crippen LogP contribution < -0.4 is 0 Å². The summed E-state index contributed by atoms with van der Waals surface area (Å²) in [5.74, 6) is -0.261. The van der Waals surface area contributed by atoms with Gasteiger partial charge in [-0.1, -0.05) is 6.92 Å². The Kier molecular flexibility index (Phi) is 3.22. The van der Waals surface area contributed by atoms with Gasteiger partial charge >= 0.3 is 5.97 Å². The third-order valence-electron chi connectivity index (χ3n) is 1.47. The van der Waals surface area contributed by atoms with Crippen LogP contribution >= 0.6 is 11.5 Å². The highest BCUT2D eigenvalue weighted by Crippen LogP contribution is 2.12. The van der Waals surface area contributed by atoms with Crippen molar-refractivity contribution in [2.45, 2.75) is 20.3 Å². The average molecular weight is 185 g/mol. The maximum absolute atomic E-state index is 11.2. The van der Waals surface area contributed by atoms with Crippen molar-refractivity contribution >= 4 is 17.5 Å². The summed E-state index contributed by atoms with van der Waals surface area (Å²) in [5.41, 5.74) is 1.45. The molecule has 0 radical (unpaired) electrons. The number of esters is 1. The molecule has 0 aliphatic carbocycles. The molecule has 66 valence electrons.